The van der Waals surface area contributed by atoms with Gasteiger partial charge in [-0.25, -0.2) is 0 Å². The monoisotopic (exact) mass is 446 g/mol. The fourth-order valence-electron chi connectivity index (χ4n) is 4.16. The second-order valence-electron chi connectivity index (χ2n) is 9.13. The van der Waals surface area contributed by atoms with Gasteiger partial charge in [0, 0.05) is 0 Å². The number of ether oxygens (including phenoxy) is 1. The molecule has 0 heterocycles. The van der Waals surface area contributed by atoms with Gasteiger partial charge in [-0.3, -0.25) is 0 Å². The first-order valence-electron chi connectivity index (χ1n) is 13.2. The molecular weight excluding hydrogens is 399 g/mol. The number of unbranched alkanes of at least 4 members (excludes halogenated alkanes) is 12. The van der Waals surface area contributed by atoms with Crippen molar-refractivity contribution in [2.75, 3.05) is 0 Å². The zero-order valence-corrected chi connectivity index (χ0v) is 20.3. The van der Waals surface area contributed by atoms with Crippen molar-refractivity contribution in [1.82, 2.24) is 0 Å². The van der Waals surface area contributed by atoms with Crippen molar-refractivity contribution in [1.29, 1.82) is 0 Å². The maximum atomic E-state index is 6.05. The number of aryl methyl sites for hydroxylation is 2. The van der Waals surface area contributed by atoms with Crippen LogP contribution in [0, 0.1) is 0 Å². The van der Waals surface area contributed by atoms with Gasteiger partial charge in [0.2, 0.25) is 0 Å². The van der Waals surface area contributed by atoms with Crippen LogP contribution in [0.2, 0.25) is 0 Å². The molecule has 0 aliphatic rings. The predicted octanol–water partition coefficient (Wildman–Crippen LogP) is 9.42. The molecule has 0 saturated carbocycles. The van der Waals surface area contributed by atoms with Gasteiger partial charge in [0.15, 0.2) is 0 Å². The Hall–Kier alpha value is -0.760. The van der Waals surface area contributed by atoms with E-state index in [0.717, 1.165) is 11.5 Å². The van der Waals surface area contributed by atoms with Gasteiger partial charge >= 0.3 is 29.6 Å². The Kier molecular flexibility index (Phi) is 18.0. The van der Waals surface area contributed by atoms with E-state index in [2.05, 4.69) is 62.4 Å². The standard InChI is InChI=1S/C30H46O.Na.H/c1-3-5-7-9-11-13-15-17-27-19-23-29(24-20-27)31-30-25-21-28(22-26-30)18-16-14-12-10-8-6-4-2;;/h19-26H,3-18H2,1-2H3;;. The molecule has 0 amide bonds. The van der Waals surface area contributed by atoms with E-state index < -0.39 is 0 Å². The van der Waals surface area contributed by atoms with Crippen LogP contribution in [0.15, 0.2) is 48.5 Å². The van der Waals surface area contributed by atoms with Gasteiger partial charge < -0.3 is 4.74 Å². The van der Waals surface area contributed by atoms with Crippen molar-refractivity contribution in [2.45, 2.75) is 117 Å². The molecule has 0 aliphatic heterocycles. The molecule has 0 aromatic heterocycles. The molecule has 0 fully saturated rings. The van der Waals surface area contributed by atoms with Crippen molar-refractivity contribution in [3.05, 3.63) is 59.7 Å². The van der Waals surface area contributed by atoms with Crippen LogP contribution in [-0.4, -0.2) is 29.6 Å². The van der Waals surface area contributed by atoms with Gasteiger partial charge in [0.05, 0.1) is 0 Å². The summed E-state index contributed by atoms with van der Waals surface area (Å²) in [6, 6.07) is 17.4. The van der Waals surface area contributed by atoms with Gasteiger partial charge in [0.1, 0.15) is 11.5 Å². The fraction of sp³-hybridized carbons (Fsp3) is 0.600. The quantitative estimate of drug-likeness (QED) is 0.164. The molecule has 0 saturated heterocycles. The molecule has 2 rings (SSSR count). The van der Waals surface area contributed by atoms with Crippen LogP contribution in [-0.2, 0) is 12.8 Å². The molecule has 174 valence electrons. The number of hydrogen-bond acceptors (Lipinski definition) is 1. The van der Waals surface area contributed by atoms with E-state index in [9.17, 15) is 0 Å². The van der Waals surface area contributed by atoms with E-state index in [1.807, 2.05) is 0 Å². The zero-order chi connectivity index (χ0) is 22.0. The van der Waals surface area contributed by atoms with Gasteiger partial charge in [-0.15, -0.1) is 0 Å². The third kappa shape index (κ3) is 13.7. The van der Waals surface area contributed by atoms with E-state index in [0.29, 0.717) is 0 Å². The molecule has 0 spiro atoms. The maximum absolute atomic E-state index is 6.05. The second-order valence-corrected chi connectivity index (χ2v) is 9.13. The van der Waals surface area contributed by atoms with E-state index in [4.69, 9.17) is 4.74 Å². The van der Waals surface area contributed by atoms with Crippen molar-refractivity contribution in [2.24, 2.45) is 0 Å². The van der Waals surface area contributed by atoms with Crippen molar-refractivity contribution >= 4 is 29.6 Å². The van der Waals surface area contributed by atoms with Crippen molar-refractivity contribution < 1.29 is 4.74 Å². The predicted molar refractivity (Wildman–Crippen MR) is 144 cm³/mol. The molecule has 2 aromatic carbocycles. The Morgan fingerprint density at radius 1 is 0.438 bits per heavy atom. The molecule has 2 heteroatoms. The molecule has 0 N–H and O–H groups in total. The average molecular weight is 447 g/mol. The topological polar surface area (TPSA) is 9.23 Å². The van der Waals surface area contributed by atoms with E-state index >= 15 is 0 Å². The second kappa shape index (κ2) is 19.7. The van der Waals surface area contributed by atoms with Crippen LogP contribution >= 0.6 is 0 Å². The summed E-state index contributed by atoms with van der Waals surface area (Å²) in [4.78, 5) is 0. The molecule has 2 aromatic rings. The number of hydrogen-bond donors (Lipinski definition) is 0. The number of rotatable bonds is 18. The first-order valence-corrected chi connectivity index (χ1v) is 13.2. The SMILES string of the molecule is CCCCCCCCCc1ccc(Oc2ccc(CCCCCCCCC)cc2)cc1.[NaH]. The summed E-state index contributed by atoms with van der Waals surface area (Å²) in [5.74, 6) is 1.87. The van der Waals surface area contributed by atoms with Gasteiger partial charge in [-0.05, 0) is 61.1 Å². The first kappa shape index (κ1) is 29.3. The molecule has 0 unspecified atom stereocenters. The summed E-state index contributed by atoms with van der Waals surface area (Å²) in [5.41, 5.74) is 2.84. The summed E-state index contributed by atoms with van der Waals surface area (Å²) in [6.07, 6.45) is 21.5. The summed E-state index contributed by atoms with van der Waals surface area (Å²) in [6.45, 7) is 4.56. The van der Waals surface area contributed by atoms with Crippen LogP contribution in [0.5, 0.6) is 11.5 Å². The van der Waals surface area contributed by atoms with Crippen LogP contribution in [0.3, 0.4) is 0 Å². The third-order valence-electron chi connectivity index (χ3n) is 6.22. The Balaban J connectivity index is 0.00000512. The molecule has 0 atom stereocenters. The summed E-state index contributed by atoms with van der Waals surface area (Å²) in [7, 11) is 0. The van der Waals surface area contributed by atoms with Gasteiger partial charge in [0.25, 0.3) is 0 Å². The van der Waals surface area contributed by atoms with Crippen LogP contribution in [0.4, 0.5) is 0 Å². The molecule has 0 aliphatic carbocycles. The van der Waals surface area contributed by atoms with Crippen LogP contribution < -0.4 is 4.74 Å². The number of benzene rings is 2. The Labute approximate surface area is 221 Å². The minimum absolute atomic E-state index is 0. The normalized spacial score (nSPS) is 10.7. The molecule has 1 nitrogen and oxygen atoms in total. The molecule has 0 bridgehead atoms. The fourth-order valence-corrected chi connectivity index (χ4v) is 4.16. The summed E-state index contributed by atoms with van der Waals surface area (Å²) < 4.78 is 6.05. The Morgan fingerprint density at radius 2 is 0.750 bits per heavy atom. The Bertz CT molecular complexity index is 603. The molecule has 0 radical (unpaired) electrons. The average Bonchev–Trinajstić information content (AvgIpc) is 2.80. The zero-order valence-electron chi connectivity index (χ0n) is 20.3. The van der Waals surface area contributed by atoms with Crippen molar-refractivity contribution in [3.8, 4) is 11.5 Å². The minimum atomic E-state index is 0. The van der Waals surface area contributed by atoms with Crippen LogP contribution in [0.25, 0.3) is 0 Å². The van der Waals surface area contributed by atoms with Gasteiger partial charge in [-0.1, -0.05) is 115 Å². The van der Waals surface area contributed by atoms with Crippen LogP contribution in [0.1, 0.15) is 115 Å². The molecular formula is C30H47NaO. The third-order valence-corrected chi connectivity index (χ3v) is 6.22. The van der Waals surface area contributed by atoms with E-state index in [1.54, 1.807) is 0 Å². The Morgan fingerprint density at radius 3 is 1.09 bits per heavy atom. The van der Waals surface area contributed by atoms with E-state index in [-0.39, 0.29) is 29.6 Å². The first-order chi connectivity index (χ1) is 15.3. The van der Waals surface area contributed by atoms with E-state index in [1.165, 1.54) is 114 Å². The summed E-state index contributed by atoms with van der Waals surface area (Å²) >= 11 is 0. The van der Waals surface area contributed by atoms with Crippen molar-refractivity contribution in [3.63, 3.8) is 0 Å². The molecule has 32 heavy (non-hydrogen) atoms. The summed E-state index contributed by atoms with van der Waals surface area (Å²) in [5, 5.41) is 0. The van der Waals surface area contributed by atoms with Gasteiger partial charge in [-0.2, -0.15) is 0 Å².